The van der Waals surface area contributed by atoms with Gasteiger partial charge in [-0.05, 0) is 30.5 Å². The predicted octanol–water partition coefficient (Wildman–Crippen LogP) is 1.47. The molecule has 1 aromatic carbocycles. The Morgan fingerprint density at radius 1 is 1.20 bits per heavy atom. The molecule has 5 heteroatoms. The summed E-state index contributed by atoms with van der Waals surface area (Å²) < 4.78 is 0. The second kappa shape index (κ2) is 6.23. The maximum absolute atomic E-state index is 12.0. The molecule has 2 rings (SSSR count). The highest BCUT2D eigenvalue weighted by atomic mass is 16.4. The van der Waals surface area contributed by atoms with Crippen molar-refractivity contribution in [2.24, 2.45) is 5.92 Å². The number of aromatic hydroxyl groups is 1. The number of benzene rings is 1. The van der Waals surface area contributed by atoms with Gasteiger partial charge in [-0.1, -0.05) is 24.3 Å². The number of aliphatic carboxylic acids is 1. The highest BCUT2D eigenvalue weighted by Crippen LogP contribution is 2.18. The van der Waals surface area contributed by atoms with Crippen LogP contribution in [0.2, 0.25) is 0 Å². The summed E-state index contributed by atoms with van der Waals surface area (Å²) in [5.41, 5.74) is 0.750. The first kappa shape index (κ1) is 14.1. The van der Waals surface area contributed by atoms with E-state index < -0.39 is 12.0 Å². The zero-order chi connectivity index (χ0) is 14.5. The number of carbonyl (C=O) groups is 2. The van der Waals surface area contributed by atoms with E-state index in [9.17, 15) is 19.8 Å². The average molecular weight is 275 g/mol. The summed E-state index contributed by atoms with van der Waals surface area (Å²) in [5.74, 6) is -1.31. The highest BCUT2D eigenvalue weighted by molar-refractivity contribution is 5.85. The molecule has 1 amide bonds. The first-order valence-corrected chi connectivity index (χ1v) is 6.52. The number of nitrogens with one attached hydrogen (secondary N) is 1. The molecule has 0 saturated carbocycles. The molecule has 0 unspecified atom stereocenters. The number of carboxylic acids is 1. The van der Waals surface area contributed by atoms with E-state index in [1.807, 2.05) is 12.2 Å². The van der Waals surface area contributed by atoms with Gasteiger partial charge in [0.25, 0.3) is 0 Å². The number of hydrogen-bond acceptors (Lipinski definition) is 3. The van der Waals surface area contributed by atoms with Crippen LogP contribution in [0.4, 0.5) is 0 Å². The number of carboxylic acid groups (broad SMARTS) is 1. The van der Waals surface area contributed by atoms with Crippen molar-refractivity contribution in [2.45, 2.75) is 25.3 Å². The number of allylic oxidation sites excluding steroid dienone is 2. The summed E-state index contributed by atoms with van der Waals surface area (Å²) in [6.07, 6.45) is 5.39. The summed E-state index contributed by atoms with van der Waals surface area (Å²) >= 11 is 0. The van der Waals surface area contributed by atoms with Crippen LogP contribution in [0.25, 0.3) is 0 Å². The Morgan fingerprint density at radius 2 is 1.80 bits per heavy atom. The van der Waals surface area contributed by atoms with Crippen LogP contribution in [-0.2, 0) is 16.0 Å². The number of carbonyl (C=O) groups excluding carboxylic acids is 1. The van der Waals surface area contributed by atoms with Crippen LogP contribution in [0.3, 0.4) is 0 Å². The molecule has 106 valence electrons. The SMILES string of the molecule is O=C(N[C@@H](Cc1ccc(O)cc1)C(=O)O)C1CC=CC1. The summed E-state index contributed by atoms with van der Waals surface area (Å²) in [7, 11) is 0. The zero-order valence-electron chi connectivity index (χ0n) is 11.0. The van der Waals surface area contributed by atoms with Gasteiger partial charge < -0.3 is 15.5 Å². The number of hydrogen-bond donors (Lipinski definition) is 3. The Morgan fingerprint density at radius 3 is 2.35 bits per heavy atom. The van der Waals surface area contributed by atoms with Gasteiger partial charge >= 0.3 is 5.97 Å². The molecule has 0 aromatic heterocycles. The lowest BCUT2D eigenvalue weighted by Crippen LogP contribution is -2.44. The molecule has 3 N–H and O–H groups in total. The lowest BCUT2D eigenvalue weighted by atomic mass is 10.0. The second-order valence-electron chi connectivity index (χ2n) is 4.91. The van der Waals surface area contributed by atoms with Crippen LogP contribution in [0.1, 0.15) is 18.4 Å². The fourth-order valence-corrected chi connectivity index (χ4v) is 2.19. The number of phenolic OH excluding ortho intramolecular Hbond substituents is 1. The topological polar surface area (TPSA) is 86.6 Å². The minimum absolute atomic E-state index is 0.127. The summed E-state index contributed by atoms with van der Waals surface area (Å²) in [4.78, 5) is 23.2. The Bertz CT molecular complexity index is 513. The molecule has 0 radical (unpaired) electrons. The molecule has 0 saturated heterocycles. The van der Waals surface area contributed by atoms with Gasteiger partial charge in [-0.2, -0.15) is 0 Å². The molecular formula is C15H17NO4. The van der Waals surface area contributed by atoms with Crippen LogP contribution >= 0.6 is 0 Å². The van der Waals surface area contributed by atoms with Crippen molar-refractivity contribution < 1.29 is 19.8 Å². The van der Waals surface area contributed by atoms with Gasteiger partial charge in [-0.3, -0.25) is 4.79 Å². The minimum Gasteiger partial charge on any atom is -0.508 e. The Labute approximate surface area is 116 Å². The highest BCUT2D eigenvalue weighted by Gasteiger charge is 2.25. The Kier molecular flexibility index (Phi) is 4.40. The first-order valence-electron chi connectivity index (χ1n) is 6.52. The number of rotatable bonds is 5. The molecule has 1 aliphatic rings. The molecule has 1 atom stereocenters. The van der Waals surface area contributed by atoms with Crippen LogP contribution in [0, 0.1) is 5.92 Å². The summed E-state index contributed by atoms with van der Waals surface area (Å²) in [6, 6.07) is 5.34. The van der Waals surface area contributed by atoms with E-state index in [-0.39, 0.29) is 24.0 Å². The average Bonchev–Trinajstić information content (AvgIpc) is 2.94. The van der Waals surface area contributed by atoms with Gasteiger partial charge in [0.2, 0.25) is 5.91 Å². The first-order chi connectivity index (χ1) is 9.56. The zero-order valence-corrected chi connectivity index (χ0v) is 11.0. The van der Waals surface area contributed by atoms with Gasteiger partial charge in [-0.25, -0.2) is 4.79 Å². The van der Waals surface area contributed by atoms with E-state index in [4.69, 9.17) is 0 Å². The quantitative estimate of drug-likeness (QED) is 0.710. The second-order valence-corrected chi connectivity index (χ2v) is 4.91. The maximum atomic E-state index is 12.0. The summed E-state index contributed by atoms with van der Waals surface area (Å²) in [6.45, 7) is 0. The van der Waals surface area contributed by atoms with Crippen molar-refractivity contribution in [1.29, 1.82) is 0 Å². The van der Waals surface area contributed by atoms with E-state index in [1.54, 1.807) is 12.1 Å². The third-order valence-corrected chi connectivity index (χ3v) is 3.37. The normalized spacial score (nSPS) is 16.0. The van der Waals surface area contributed by atoms with Gasteiger partial charge in [0.15, 0.2) is 0 Å². The third kappa shape index (κ3) is 3.60. The predicted molar refractivity (Wildman–Crippen MR) is 73.2 cm³/mol. The van der Waals surface area contributed by atoms with E-state index in [0.29, 0.717) is 12.8 Å². The van der Waals surface area contributed by atoms with Crippen molar-refractivity contribution in [1.82, 2.24) is 5.32 Å². The van der Waals surface area contributed by atoms with Gasteiger partial charge in [0.1, 0.15) is 11.8 Å². The smallest absolute Gasteiger partial charge is 0.326 e. The Balaban J connectivity index is 1.98. The fourth-order valence-electron chi connectivity index (χ4n) is 2.19. The standard InChI is InChI=1S/C15H17NO4/c17-12-7-5-10(6-8-12)9-13(15(19)20)16-14(18)11-3-1-2-4-11/h1-2,5-8,11,13,17H,3-4,9H2,(H,16,18)(H,19,20)/t13-/m0/s1. The largest absolute Gasteiger partial charge is 0.508 e. The van der Waals surface area contributed by atoms with Crippen LogP contribution < -0.4 is 5.32 Å². The third-order valence-electron chi connectivity index (χ3n) is 3.37. The molecule has 1 aromatic rings. The number of amides is 1. The lowest BCUT2D eigenvalue weighted by Gasteiger charge is -2.17. The van der Waals surface area contributed by atoms with E-state index in [0.717, 1.165) is 5.56 Å². The fraction of sp³-hybridized carbons (Fsp3) is 0.333. The molecule has 0 spiro atoms. The van der Waals surface area contributed by atoms with Crippen molar-refractivity contribution in [3.8, 4) is 5.75 Å². The molecule has 0 bridgehead atoms. The molecule has 0 fully saturated rings. The number of phenols is 1. The van der Waals surface area contributed by atoms with Gasteiger partial charge in [0, 0.05) is 12.3 Å². The van der Waals surface area contributed by atoms with Crippen LogP contribution in [-0.4, -0.2) is 28.1 Å². The van der Waals surface area contributed by atoms with E-state index >= 15 is 0 Å². The molecule has 1 aliphatic carbocycles. The van der Waals surface area contributed by atoms with Crippen molar-refractivity contribution in [3.63, 3.8) is 0 Å². The van der Waals surface area contributed by atoms with E-state index in [2.05, 4.69) is 5.32 Å². The van der Waals surface area contributed by atoms with Gasteiger partial charge in [0.05, 0.1) is 0 Å². The maximum Gasteiger partial charge on any atom is 0.326 e. The molecule has 0 heterocycles. The minimum atomic E-state index is -1.06. The van der Waals surface area contributed by atoms with Crippen LogP contribution in [0.15, 0.2) is 36.4 Å². The molecular weight excluding hydrogens is 258 g/mol. The van der Waals surface area contributed by atoms with E-state index in [1.165, 1.54) is 12.1 Å². The summed E-state index contributed by atoms with van der Waals surface area (Å²) in [5, 5.41) is 21.0. The van der Waals surface area contributed by atoms with Crippen molar-refractivity contribution >= 4 is 11.9 Å². The molecule has 0 aliphatic heterocycles. The van der Waals surface area contributed by atoms with Gasteiger partial charge in [-0.15, -0.1) is 0 Å². The molecule has 5 nitrogen and oxygen atoms in total. The van der Waals surface area contributed by atoms with Crippen molar-refractivity contribution in [3.05, 3.63) is 42.0 Å². The lowest BCUT2D eigenvalue weighted by molar-refractivity contribution is -0.142. The Hall–Kier alpha value is -2.30. The van der Waals surface area contributed by atoms with Crippen molar-refractivity contribution in [2.75, 3.05) is 0 Å². The van der Waals surface area contributed by atoms with Crippen LogP contribution in [0.5, 0.6) is 5.75 Å². The molecule has 20 heavy (non-hydrogen) atoms. The monoisotopic (exact) mass is 275 g/mol.